The van der Waals surface area contributed by atoms with Gasteiger partial charge in [-0.2, -0.15) is 17.4 Å². The summed E-state index contributed by atoms with van der Waals surface area (Å²) in [6.45, 7) is 4.02. The van der Waals surface area contributed by atoms with E-state index < -0.39 is 16.2 Å². The summed E-state index contributed by atoms with van der Waals surface area (Å²) >= 11 is 0.982. The van der Waals surface area contributed by atoms with Crippen LogP contribution < -0.4 is 4.72 Å². The first-order chi connectivity index (χ1) is 9.27. The number of aromatic carboxylic acids is 1. The minimum Gasteiger partial charge on any atom is -0.477 e. The zero-order valence-electron chi connectivity index (χ0n) is 11.7. The van der Waals surface area contributed by atoms with Crippen LogP contribution >= 0.6 is 11.3 Å². The largest absolute Gasteiger partial charge is 0.477 e. The van der Waals surface area contributed by atoms with E-state index >= 15 is 0 Å². The van der Waals surface area contributed by atoms with Gasteiger partial charge in [0.05, 0.1) is 12.2 Å². The van der Waals surface area contributed by atoms with Crippen LogP contribution in [0.25, 0.3) is 0 Å². The number of aryl methyl sites for hydroxylation is 1. The van der Waals surface area contributed by atoms with Crippen LogP contribution in [0.5, 0.6) is 0 Å². The molecular formula is C11H19N3O4S2. The number of thiazole rings is 1. The molecule has 1 aromatic rings. The van der Waals surface area contributed by atoms with Crippen LogP contribution in [0.2, 0.25) is 0 Å². The second kappa shape index (κ2) is 7.11. The van der Waals surface area contributed by atoms with Crippen molar-refractivity contribution in [3.8, 4) is 0 Å². The summed E-state index contributed by atoms with van der Waals surface area (Å²) in [5, 5.41) is 9.35. The molecule has 0 radical (unpaired) electrons. The molecule has 0 fully saturated rings. The van der Waals surface area contributed by atoms with Crippen molar-refractivity contribution in [2.75, 3.05) is 13.6 Å². The first-order valence-corrected chi connectivity index (χ1v) is 8.44. The fourth-order valence-corrected chi connectivity index (χ4v) is 3.33. The summed E-state index contributed by atoms with van der Waals surface area (Å²) < 4.78 is 27.5. The summed E-state index contributed by atoms with van der Waals surface area (Å²) in [6.07, 6.45) is 1.70. The summed E-state index contributed by atoms with van der Waals surface area (Å²) in [6, 6.07) is 0. The Kier molecular flexibility index (Phi) is 6.06. The van der Waals surface area contributed by atoms with Gasteiger partial charge in [-0.3, -0.25) is 0 Å². The van der Waals surface area contributed by atoms with Gasteiger partial charge >= 0.3 is 5.97 Å². The number of carboxylic acid groups (broad SMARTS) is 1. The van der Waals surface area contributed by atoms with Crippen molar-refractivity contribution in [3.63, 3.8) is 0 Å². The van der Waals surface area contributed by atoms with Crippen LogP contribution in [-0.4, -0.2) is 42.4 Å². The van der Waals surface area contributed by atoms with Gasteiger partial charge < -0.3 is 5.11 Å². The van der Waals surface area contributed by atoms with Crippen molar-refractivity contribution in [3.05, 3.63) is 15.6 Å². The highest BCUT2D eigenvalue weighted by Crippen LogP contribution is 2.18. The lowest BCUT2D eigenvalue weighted by Crippen LogP contribution is -2.38. The highest BCUT2D eigenvalue weighted by molar-refractivity contribution is 7.87. The third-order valence-electron chi connectivity index (χ3n) is 2.68. The maximum Gasteiger partial charge on any atom is 0.347 e. The lowest BCUT2D eigenvalue weighted by molar-refractivity contribution is 0.0701. The van der Waals surface area contributed by atoms with Crippen molar-refractivity contribution in [1.82, 2.24) is 14.0 Å². The van der Waals surface area contributed by atoms with Gasteiger partial charge in [-0.25, -0.2) is 9.78 Å². The molecule has 1 heterocycles. The molecular weight excluding hydrogens is 302 g/mol. The molecule has 0 saturated carbocycles. The topological polar surface area (TPSA) is 99.6 Å². The van der Waals surface area contributed by atoms with Crippen molar-refractivity contribution in [2.24, 2.45) is 0 Å². The molecule has 0 spiro atoms. The van der Waals surface area contributed by atoms with Crippen LogP contribution in [0.1, 0.15) is 40.1 Å². The monoisotopic (exact) mass is 321 g/mol. The van der Waals surface area contributed by atoms with Crippen molar-refractivity contribution >= 4 is 27.5 Å². The number of aromatic nitrogens is 1. The molecule has 0 saturated heterocycles. The Morgan fingerprint density at radius 2 is 2.15 bits per heavy atom. The normalized spacial score (nSPS) is 12.0. The molecule has 0 bridgehead atoms. The molecule has 1 aromatic heterocycles. The molecule has 1 rings (SSSR count). The van der Waals surface area contributed by atoms with E-state index in [1.165, 1.54) is 11.4 Å². The van der Waals surface area contributed by atoms with E-state index in [4.69, 9.17) is 5.11 Å². The van der Waals surface area contributed by atoms with Gasteiger partial charge in [0.1, 0.15) is 9.88 Å². The van der Waals surface area contributed by atoms with E-state index in [-0.39, 0.29) is 11.4 Å². The first-order valence-electron chi connectivity index (χ1n) is 6.18. The van der Waals surface area contributed by atoms with Gasteiger partial charge in [0.25, 0.3) is 10.2 Å². The zero-order valence-corrected chi connectivity index (χ0v) is 13.3. The number of carbonyl (C=O) groups is 1. The fraction of sp³-hybridized carbons (Fsp3) is 0.636. The lowest BCUT2D eigenvalue weighted by atomic mass is 10.3. The summed E-state index contributed by atoms with van der Waals surface area (Å²) in [5.74, 6) is -1.05. The predicted molar refractivity (Wildman–Crippen MR) is 77.1 cm³/mol. The van der Waals surface area contributed by atoms with Gasteiger partial charge in [-0.05, 0) is 13.3 Å². The number of hydrogen-bond donors (Lipinski definition) is 2. The molecule has 0 amide bonds. The summed E-state index contributed by atoms with van der Waals surface area (Å²) in [5.41, 5.74) is 0.399. The molecule has 114 valence electrons. The second-order valence-corrected chi connectivity index (χ2v) is 7.27. The summed E-state index contributed by atoms with van der Waals surface area (Å²) in [7, 11) is -2.04. The Morgan fingerprint density at radius 1 is 1.50 bits per heavy atom. The third-order valence-corrected chi connectivity index (χ3v) is 5.34. The number of nitrogens with zero attached hydrogens (tertiary/aromatic N) is 2. The van der Waals surface area contributed by atoms with E-state index in [0.29, 0.717) is 17.2 Å². The quantitative estimate of drug-likeness (QED) is 0.750. The van der Waals surface area contributed by atoms with Crippen molar-refractivity contribution < 1.29 is 18.3 Å². The molecule has 0 unspecified atom stereocenters. The van der Waals surface area contributed by atoms with E-state index in [2.05, 4.69) is 9.71 Å². The van der Waals surface area contributed by atoms with E-state index in [9.17, 15) is 13.2 Å². The number of hydrogen-bond acceptors (Lipinski definition) is 5. The van der Waals surface area contributed by atoms with Crippen LogP contribution in [-0.2, 0) is 16.8 Å². The maximum absolute atomic E-state index is 11.9. The van der Waals surface area contributed by atoms with Gasteiger partial charge in [0.15, 0.2) is 0 Å². The molecule has 7 nitrogen and oxygen atoms in total. The SMILES string of the molecule is CCCCN(C)S(=O)(=O)NCc1nc(C)c(C(=O)O)s1. The van der Waals surface area contributed by atoms with E-state index in [1.54, 1.807) is 6.92 Å². The zero-order chi connectivity index (χ0) is 15.3. The van der Waals surface area contributed by atoms with E-state index in [1.807, 2.05) is 6.92 Å². The summed E-state index contributed by atoms with van der Waals surface area (Å²) in [4.78, 5) is 15.1. The van der Waals surface area contributed by atoms with Gasteiger partial charge in [0.2, 0.25) is 0 Å². The number of nitrogens with one attached hydrogen (secondary N) is 1. The smallest absolute Gasteiger partial charge is 0.347 e. The lowest BCUT2D eigenvalue weighted by Gasteiger charge is -2.16. The maximum atomic E-state index is 11.9. The highest BCUT2D eigenvalue weighted by atomic mass is 32.2. The average molecular weight is 321 g/mol. The Hall–Kier alpha value is -1.03. The first kappa shape index (κ1) is 17.0. The number of carboxylic acids is 1. The van der Waals surface area contributed by atoms with Crippen LogP contribution in [0.3, 0.4) is 0 Å². The Morgan fingerprint density at radius 3 is 2.65 bits per heavy atom. The molecule has 0 aliphatic rings. The van der Waals surface area contributed by atoms with Crippen LogP contribution in [0.4, 0.5) is 0 Å². The van der Waals surface area contributed by atoms with Crippen LogP contribution in [0.15, 0.2) is 0 Å². The molecule has 0 aromatic carbocycles. The van der Waals surface area contributed by atoms with Crippen LogP contribution in [0, 0.1) is 6.92 Å². The van der Waals surface area contributed by atoms with E-state index in [0.717, 1.165) is 24.2 Å². The second-order valence-electron chi connectivity index (χ2n) is 4.33. The van der Waals surface area contributed by atoms with Gasteiger partial charge in [-0.1, -0.05) is 13.3 Å². The molecule has 0 aliphatic carbocycles. The standard InChI is InChI=1S/C11H19N3O4S2/c1-4-5-6-14(3)20(17,18)12-7-9-13-8(2)10(19-9)11(15)16/h12H,4-7H2,1-3H3,(H,15,16). The molecule has 20 heavy (non-hydrogen) atoms. The molecule has 2 N–H and O–H groups in total. The Balaban J connectivity index is 2.66. The average Bonchev–Trinajstić information content (AvgIpc) is 2.75. The predicted octanol–water partition coefficient (Wildman–Crippen LogP) is 1.22. The molecule has 0 aliphatic heterocycles. The third kappa shape index (κ3) is 4.51. The number of rotatable bonds is 8. The molecule has 9 heteroatoms. The van der Waals surface area contributed by atoms with Gasteiger partial charge in [0, 0.05) is 13.6 Å². The minimum absolute atomic E-state index is 0.00240. The van der Waals surface area contributed by atoms with Gasteiger partial charge in [-0.15, -0.1) is 11.3 Å². The Labute approximate surface area is 122 Å². The minimum atomic E-state index is -3.55. The van der Waals surface area contributed by atoms with Crippen molar-refractivity contribution in [1.29, 1.82) is 0 Å². The molecule has 0 atom stereocenters. The van der Waals surface area contributed by atoms with Crippen molar-refractivity contribution in [2.45, 2.75) is 33.2 Å². The number of unbranched alkanes of at least 4 members (excludes halogenated alkanes) is 1. The Bertz CT molecular complexity index is 568. The fourth-order valence-electron chi connectivity index (χ4n) is 1.49. The highest BCUT2D eigenvalue weighted by Gasteiger charge is 2.19.